The van der Waals surface area contributed by atoms with Gasteiger partial charge in [0.25, 0.3) is 0 Å². The van der Waals surface area contributed by atoms with E-state index in [1.54, 1.807) is 12.3 Å². The van der Waals surface area contributed by atoms with E-state index >= 15 is 0 Å². The van der Waals surface area contributed by atoms with Crippen molar-refractivity contribution in [2.24, 2.45) is 10.9 Å². The first kappa shape index (κ1) is 30.4. The summed E-state index contributed by atoms with van der Waals surface area (Å²) in [4.78, 5) is 28.6. The van der Waals surface area contributed by atoms with Gasteiger partial charge in [-0.3, -0.25) is 10.3 Å². The summed E-state index contributed by atoms with van der Waals surface area (Å²) in [5.41, 5.74) is 3.35. The Morgan fingerprint density at radius 3 is 2.63 bits per heavy atom. The Bertz CT molecular complexity index is 1480. The van der Waals surface area contributed by atoms with Gasteiger partial charge in [0.2, 0.25) is 0 Å². The van der Waals surface area contributed by atoms with E-state index in [0.29, 0.717) is 35.2 Å². The van der Waals surface area contributed by atoms with E-state index in [-0.39, 0.29) is 24.0 Å². The number of aryl methyl sites for hydroxylation is 1. The number of benzene rings is 2. The lowest BCUT2D eigenvalue weighted by Crippen LogP contribution is -2.30. The lowest BCUT2D eigenvalue weighted by molar-refractivity contribution is -0.108. The number of ether oxygens (including phenoxy) is 1. The molecule has 5 rings (SSSR count). The van der Waals surface area contributed by atoms with E-state index in [1.165, 1.54) is 12.1 Å². The van der Waals surface area contributed by atoms with Gasteiger partial charge in [0.15, 0.2) is 0 Å². The van der Waals surface area contributed by atoms with Crippen LogP contribution >= 0.6 is 0 Å². The molecule has 1 unspecified atom stereocenters. The molecule has 1 aliphatic heterocycles. The van der Waals surface area contributed by atoms with Crippen LogP contribution in [0.3, 0.4) is 0 Å². The van der Waals surface area contributed by atoms with Crippen molar-refractivity contribution < 1.29 is 18.7 Å². The number of halogens is 1. The number of anilines is 1. The van der Waals surface area contributed by atoms with Crippen molar-refractivity contribution in [1.29, 1.82) is 0 Å². The number of hydrogen-bond acceptors (Lipinski definition) is 5. The van der Waals surface area contributed by atoms with Crippen molar-refractivity contribution in [3.05, 3.63) is 70.7 Å². The number of rotatable bonds is 8. The predicted octanol–water partition coefficient (Wildman–Crippen LogP) is 7.51. The number of hydrogen-bond donors (Lipinski definition) is 2. The van der Waals surface area contributed by atoms with Crippen LogP contribution in [0, 0.1) is 11.7 Å². The molecule has 2 aromatic carbocycles. The second kappa shape index (κ2) is 13.1. The number of nitrogens with one attached hydrogen (secondary N) is 2. The summed E-state index contributed by atoms with van der Waals surface area (Å²) in [5, 5.41) is 10.8. The molecule has 8 nitrogen and oxygen atoms in total. The standard InChI is InChI=1S/C34H42FN5O3/c1-22-5-11-28(12-6-22)40-32(19-31(39-40)34(2,3)4)38-33(42)37-21-25-17-26(35)9-14-30(25)43-29-13-8-23-7-10-27(15-16-41)36-20-24(23)18-29/h8-9,13-14,16-20,22,27-28H,5-7,10-12,15,21H2,1-4H3,(H2,37,38,42). The zero-order valence-electron chi connectivity index (χ0n) is 25.5. The molecule has 0 radical (unpaired) electrons. The van der Waals surface area contributed by atoms with Crippen molar-refractivity contribution in [2.75, 3.05) is 5.32 Å². The minimum atomic E-state index is -0.417. The van der Waals surface area contributed by atoms with Gasteiger partial charge in [-0.2, -0.15) is 5.10 Å². The lowest BCUT2D eigenvalue weighted by Gasteiger charge is -2.27. The minimum Gasteiger partial charge on any atom is -0.457 e. The monoisotopic (exact) mass is 587 g/mol. The molecule has 2 heterocycles. The fraction of sp³-hybridized carbons (Fsp3) is 0.471. The van der Waals surface area contributed by atoms with E-state index in [1.807, 2.05) is 28.9 Å². The molecule has 3 aromatic rings. The molecule has 0 spiro atoms. The molecule has 2 amide bonds. The van der Waals surface area contributed by atoms with Crippen molar-refractivity contribution in [3.63, 3.8) is 0 Å². The van der Waals surface area contributed by atoms with Gasteiger partial charge in [0, 0.05) is 36.2 Å². The number of aldehydes is 1. The third kappa shape index (κ3) is 7.69. The third-order valence-corrected chi connectivity index (χ3v) is 8.42. The van der Waals surface area contributed by atoms with E-state index in [9.17, 15) is 14.0 Å². The summed E-state index contributed by atoms with van der Waals surface area (Å²) in [7, 11) is 0. The molecule has 0 saturated heterocycles. The summed E-state index contributed by atoms with van der Waals surface area (Å²) < 4.78 is 22.4. The van der Waals surface area contributed by atoms with Crippen LogP contribution < -0.4 is 15.4 Å². The molecule has 1 aromatic heterocycles. The van der Waals surface area contributed by atoms with Crippen LogP contribution in [-0.4, -0.2) is 34.4 Å². The molecule has 1 atom stereocenters. The zero-order chi connectivity index (χ0) is 30.6. The molecule has 2 aliphatic rings. The Balaban J connectivity index is 1.28. The second-order valence-electron chi connectivity index (χ2n) is 12.9. The molecule has 228 valence electrons. The first-order chi connectivity index (χ1) is 20.6. The molecule has 1 saturated carbocycles. The third-order valence-electron chi connectivity index (χ3n) is 8.42. The van der Waals surface area contributed by atoms with Gasteiger partial charge in [-0.05, 0) is 85.9 Å². The van der Waals surface area contributed by atoms with E-state index in [4.69, 9.17) is 9.84 Å². The highest BCUT2D eigenvalue weighted by molar-refractivity contribution is 5.88. The van der Waals surface area contributed by atoms with Crippen LogP contribution in [0.4, 0.5) is 15.0 Å². The Kier molecular flexibility index (Phi) is 9.28. The van der Waals surface area contributed by atoms with Crippen LogP contribution in [0.15, 0.2) is 47.5 Å². The molecule has 43 heavy (non-hydrogen) atoms. The average Bonchev–Trinajstić information content (AvgIpc) is 3.29. The van der Waals surface area contributed by atoms with Crippen molar-refractivity contribution in [1.82, 2.24) is 15.1 Å². The summed E-state index contributed by atoms with van der Waals surface area (Å²) in [6.07, 6.45) is 9.09. The van der Waals surface area contributed by atoms with E-state index in [2.05, 4.69) is 43.3 Å². The average molecular weight is 588 g/mol. The number of aromatic nitrogens is 2. The van der Waals surface area contributed by atoms with Crippen LogP contribution in [0.2, 0.25) is 0 Å². The summed E-state index contributed by atoms with van der Waals surface area (Å²) in [6, 6.07) is 11.8. The Hall–Kier alpha value is -4.01. The van der Waals surface area contributed by atoms with Gasteiger partial charge in [-0.1, -0.05) is 33.8 Å². The number of urea groups is 1. The van der Waals surface area contributed by atoms with Gasteiger partial charge >= 0.3 is 6.03 Å². The topological polar surface area (TPSA) is 97.6 Å². The molecule has 1 aliphatic carbocycles. The largest absolute Gasteiger partial charge is 0.457 e. The lowest BCUT2D eigenvalue weighted by atomic mass is 9.87. The van der Waals surface area contributed by atoms with Crippen LogP contribution in [0.1, 0.15) is 94.6 Å². The summed E-state index contributed by atoms with van der Waals surface area (Å²) in [6.45, 7) is 8.68. The molecular weight excluding hydrogens is 545 g/mol. The predicted molar refractivity (Wildman–Crippen MR) is 167 cm³/mol. The van der Waals surface area contributed by atoms with Gasteiger partial charge in [0.05, 0.1) is 17.8 Å². The minimum absolute atomic E-state index is 0.0137. The maximum absolute atomic E-state index is 14.3. The van der Waals surface area contributed by atoms with Crippen LogP contribution in [-0.2, 0) is 23.2 Å². The molecule has 9 heteroatoms. The smallest absolute Gasteiger partial charge is 0.320 e. The summed E-state index contributed by atoms with van der Waals surface area (Å²) in [5.74, 6) is 1.98. The normalized spacial score (nSPS) is 20.2. The number of amides is 2. The molecule has 1 fully saturated rings. The summed E-state index contributed by atoms with van der Waals surface area (Å²) >= 11 is 0. The van der Waals surface area contributed by atoms with Crippen molar-refractivity contribution >= 4 is 24.3 Å². The quantitative estimate of drug-likeness (QED) is 0.267. The first-order valence-electron chi connectivity index (χ1n) is 15.3. The number of aliphatic imine (C=N–C) groups is 1. The van der Waals surface area contributed by atoms with E-state index in [0.717, 1.165) is 61.6 Å². The van der Waals surface area contributed by atoms with Gasteiger partial charge in [0.1, 0.15) is 29.4 Å². The SMILES string of the molecule is CC1CCC(n2nc(C(C)(C)C)cc2NC(=O)NCc2cc(F)ccc2Oc2ccc3c(c2)C=NC(CC=O)CC3)CC1. The maximum atomic E-state index is 14.3. The molecular formula is C34H42FN5O3. The number of carbonyl (C=O) groups is 2. The fourth-order valence-electron chi connectivity index (χ4n) is 5.72. The highest BCUT2D eigenvalue weighted by atomic mass is 19.1. The van der Waals surface area contributed by atoms with Crippen molar-refractivity contribution in [2.45, 2.75) is 96.7 Å². The highest BCUT2D eigenvalue weighted by Gasteiger charge is 2.27. The Morgan fingerprint density at radius 2 is 1.88 bits per heavy atom. The number of nitrogens with zero attached hydrogens (tertiary/aromatic N) is 3. The van der Waals surface area contributed by atoms with Crippen LogP contribution in [0.25, 0.3) is 0 Å². The second-order valence-corrected chi connectivity index (χ2v) is 12.9. The zero-order valence-corrected chi connectivity index (χ0v) is 25.5. The molecule has 0 bridgehead atoms. The Morgan fingerprint density at radius 1 is 1.09 bits per heavy atom. The highest BCUT2D eigenvalue weighted by Crippen LogP contribution is 2.35. The van der Waals surface area contributed by atoms with Gasteiger partial charge in [-0.25, -0.2) is 13.9 Å². The van der Waals surface area contributed by atoms with Gasteiger partial charge < -0.3 is 14.8 Å². The fourth-order valence-corrected chi connectivity index (χ4v) is 5.72. The number of fused-ring (bicyclic) bond motifs is 1. The maximum Gasteiger partial charge on any atom is 0.320 e. The van der Waals surface area contributed by atoms with Gasteiger partial charge in [-0.15, -0.1) is 0 Å². The van der Waals surface area contributed by atoms with Crippen LogP contribution in [0.5, 0.6) is 11.5 Å². The first-order valence-corrected chi connectivity index (χ1v) is 15.3. The number of carbonyl (C=O) groups excluding carboxylic acids is 2. The molecule has 2 N–H and O–H groups in total. The van der Waals surface area contributed by atoms with Crippen molar-refractivity contribution in [3.8, 4) is 11.5 Å². The Labute approximate surface area is 253 Å². The van der Waals surface area contributed by atoms with E-state index < -0.39 is 11.8 Å².